The smallest absolute Gasteiger partial charge is 0.258 e. The van der Waals surface area contributed by atoms with Crippen molar-refractivity contribution in [2.45, 2.75) is 5.75 Å². The molecule has 0 unspecified atom stereocenters. The molecule has 0 saturated heterocycles. The van der Waals surface area contributed by atoms with Crippen molar-refractivity contribution in [3.8, 4) is 0 Å². The van der Waals surface area contributed by atoms with E-state index in [1.54, 1.807) is 17.6 Å². The molecule has 2 aromatic heterocycles. The van der Waals surface area contributed by atoms with Crippen LogP contribution in [0.3, 0.4) is 0 Å². The van der Waals surface area contributed by atoms with Gasteiger partial charge in [-0.2, -0.15) is 0 Å². The van der Waals surface area contributed by atoms with Gasteiger partial charge in [-0.1, -0.05) is 12.1 Å². The second-order valence-electron chi connectivity index (χ2n) is 5.72. The fourth-order valence-electron chi connectivity index (χ4n) is 2.38. The number of hydrogen-bond donors (Lipinski definition) is 2. The van der Waals surface area contributed by atoms with Crippen molar-refractivity contribution < 1.29 is 14.0 Å². The van der Waals surface area contributed by atoms with Gasteiger partial charge in [0.25, 0.3) is 11.5 Å². The number of rotatable bonds is 8. The van der Waals surface area contributed by atoms with Crippen LogP contribution >= 0.6 is 23.1 Å². The molecule has 0 saturated carbocycles. The number of nitrogens with zero attached hydrogens (tertiary/aromatic N) is 2. The van der Waals surface area contributed by atoms with Crippen LogP contribution in [0.15, 0.2) is 46.7 Å². The van der Waals surface area contributed by atoms with E-state index in [4.69, 9.17) is 0 Å². The number of aromatic nitrogens is 2. The maximum atomic E-state index is 13.5. The summed E-state index contributed by atoms with van der Waals surface area (Å²) in [7, 11) is 0. The molecule has 3 rings (SSSR count). The molecule has 0 fully saturated rings. The molecule has 2 N–H and O–H groups in total. The van der Waals surface area contributed by atoms with Gasteiger partial charge in [0.05, 0.1) is 17.0 Å². The standard InChI is InChI=1S/C18H17FN4O3S2/c19-14-4-2-1-3-13(14)17(26)21-6-5-20-15(24)11-27-10-12-9-16(25)23-7-8-28-18(23)22-12/h1-4,7-9H,5-6,10-11H2,(H,20,24)(H,21,26). The highest BCUT2D eigenvalue weighted by molar-refractivity contribution is 7.99. The van der Waals surface area contributed by atoms with Gasteiger partial charge in [0.2, 0.25) is 5.91 Å². The molecule has 10 heteroatoms. The van der Waals surface area contributed by atoms with Crippen molar-refractivity contribution in [3.05, 3.63) is 69.3 Å². The van der Waals surface area contributed by atoms with E-state index in [0.717, 1.165) is 0 Å². The van der Waals surface area contributed by atoms with E-state index >= 15 is 0 Å². The van der Waals surface area contributed by atoms with E-state index in [2.05, 4.69) is 15.6 Å². The Labute approximate surface area is 168 Å². The maximum Gasteiger partial charge on any atom is 0.258 e. The molecule has 0 aliphatic heterocycles. The predicted octanol–water partition coefficient (Wildman–Crippen LogP) is 1.67. The van der Waals surface area contributed by atoms with Gasteiger partial charge in [-0.05, 0) is 12.1 Å². The van der Waals surface area contributed by atoms with Gasteiger partial charge in [0.1, 0.15) is 5.82 Å². The van der Waals surface area contributed by atoms with E-state index in [1.807, 2.05) is 0 Å². The summed E-state index contributed by atoms with van der Waals surface area (Å²) in [5.41, 5.74) is 0.454. The Morgan fingerprint density at radius 2 is 2.00 bits per heavy atom. The molecular weight excluding hydrogens is 403 g/mol. The van der Waals surface area contributed by atoms with Crippen molar-refractivity contribution in [1.82, 2.24) is 20.0 Å². The second kappa shape index (κ2) is 9.47. The Morgan fingerprint density at radius 1 is 1.21 bits per heavy atom. The summed E-state index contributed by atoms with van der Waals surface area (Å²) in [5.74, 6) is -0.662. The van der Waals surface area contributed by atoms with Gasteiger partial charge in [0.15, 0.2) is 4.96 Å². The average Bonchev–Trinajstić information content (AvgIpc) is 3.15. The van der Waals surface area contributed by atoms with Gasteiger partial charge >= 0.3 is 0 Å². The van der Waals surface area contributed by atoms with Crippen LogP contribution in [0.1, 0.15) is 16.1 Å². The minimum absolute atomic E-state index is 0.0319. The summed E-state index contributed by atoms with van der Waals surface area (Å²) in [6.07, 6.45) is 1.67. The number of amides is 2. The first-order valence-corrected chi connectivity index (χ1v) is 10.4. The first kappa shape index (κ1) is 20.0. The Kier molecular flexibility index (Phi) is 6.77. The third kappa shape index (κ3) is 5.17. The number of carbonyl (C=O) groups excluding carboxylic acids is 2. The third-order valence-electron chi connectivity index (χ3n) is 3.69. The molecule has 0 aliphatic carbocycles. The number of halogens is 1. The van der Waals surface area contributed by atoms with Crippen molar-refractivity contribution in [1.29, 1.82) is 0 Å². The Hall–Kier alpha value is -2.72. The van der Waals surface area contributed by atoms with Gasteiger partial charge in [0, 0.05) is 36.5 Å². The number of carbonyl (C=O) groups is 2. The summed E-state index contributed by atoms with van der Waals surface area (Å²) in [6, 6.07) is 7.16. The molecule has 1 aromatic carbocycles. The summed E-state index contributed by atoms with van der Waals surface area (Å²) < 4.78 is 15.0. The topological polar surface area (TPSA) is 92.6 Å². The van der Waals surface area contributed by atoms with Gasteiger partial charge in [-0.25, -0.2) is 9.37 Å². The average molecular weight is 420 g/mol. The molecule has 2 heterocycles. The number of fused-ring (bicyclic) bond motifs is 1. The lowest BCUT2D eigenvalue weighted by Crippen LogP contribution is -2.35. The minimum Gasteiger partial charge on any atom is -0.354 e. The van der Waals surface area contributed by atoms with E-state index in [9.17, 15) is 18.8 Å². The van der Waals surface area contributed by atoms with Gasteiger partial charge in [-0.15, -0.1) is 23.1 Å². The van der Waals surface area contributed by atoms with Crippen LogP contribution in [-0.2, 0) is 10.5 Å². The number of thiazole rings is 1. The SMILES string of the molecule is O=C(CSCc1cc(=O)n2ccsc2n1)NCCNC(=O)c1ccccc1F. The molecule has 7 nitrogen and oxygen atoms in total. The van der Waals surface area contributed by atoms with Crippen LogP contribution in [0, 0.1) is 5.82 Å². The Morgan fingerprint density at radius 3 is 2.82 bits per heavy atom. The first-order valence-electron chi connectivity index (χ1n) is 8.37. The van der Waals surface area contributed by atoms with Crippen molar-refractivity contribution >= 4 is 39.9 Å². The van der Waals surface area contributed by atoms with Crippen LogP contribution in [0.5, 0.6) is 0 Å². The van der Waals surface area contributed by atoms with Crippen molar-refractivity contribution in [2.24, 2.45) is 0 Å². The lowest BCUT2D eigenvalue weighted by molar-refractivity contribution is -0.118. The lowest BCUT2D eigenvalue weighted by Gasteiger charge is -2.07. The highest BCUT2D eigenvalue weighted by Crippen LogP contribution is 2.12. The summed E-state index contributed by atoms with van der Waals surface area (Å²) in [6.45, 7) is 0.428. The molecule has 28 heavy (non-hydrogen) atoms. The molecule has 0 spiro atoms. The maximum absolute atomic E-state index is 13.5. The van der Waals surface area contributed by atoms with Crippen molar-refractivity contribution in [3.63, 3.8) is 0 Å². The molecule has 0 bridgehead atoms. The largest absolute Gasteiger partial charge is 0.354 e. The molecular formula is C18H17FN4O3S2. The first-order chi connectivity index (χ1) is 13.5. The Balaban J connectivity index is 1.36. The zero-order valence-electron chi connectivity index (χ0n) is 14.7. The van der Waals surface area contributed by atoms with Gasteiger partial charge in [-0.3, -0.25) is 18.8 Å². The van der Waals surface area contributed by atoms with E-state index < -0.39 is 11.7 Å². The van der Waals surface area contributed by atoms with Crippen LogP contribution in [0.25, 0.3) is 4.96 Å². The predicted molar refractivity (Wildman–Crippen MR) is 107 cm³/mol. The van der Waals surface area contributed by atoms with E-state index in [-0.39, 0.29) is 35.9 Å². The quantitative estimate of drug-likeness (QED) is 0.541. The van der Waals surface area contributed by atoms with Gasteiger partial charge < -0.3 is 10.6 Å². The number of nitrogens with one attached hydrogen (secondary N) is 2. The molecule has 0 radical (unpaired) electrons. The monoisotopic (exact) mass is 420 g/mol. The van der Waals surface area contributed by atoms with Crippen LogP contribution < -0.4 is 16.2 Å². The summed E-state index contributed by atoms with van der Waals surface area (Å²) in [5, 5.41) is 7.02. The third-order valence-corrected chi connectivity index (χ3v) is 5.41. The second-order valence-corrected chi connectivity index (χ2v) is 7.58. The molecule has 0 aliphatic rings. The molecule has 3 aromatic rings. The fraction of sp³-hybridized carbons (Fsp3) is 0.222. The fourth-order valence-corrected chi connectivity index (χ4v) is 3.86. The Bertz CT molecular complexity index is 1050. The van der Waals surface area contributed by atoms with Crippen LogP contribution in [0.2, 0.25) is 0 Å². The molecule has 0 atom stereocenters. The minimum atomic E-state index is -0.589. The highest BCUT2D eigenvalue weighted by Gasteiger charge is 2.10. The number of benzene rings is 1. The van der Waals surface area contributed by atoms with Crippen LogP contribution in [-0.4, -0.2) is 40.0 Å². The lowest BCUT2D eigenvalue weighted by atomic mass is 10.2. The molecule has 2 amide bonds. The molecule has 146 valence electrons. The summed E-state index contributed by atoms with van der Waals surface area (Å²) >= 11 is 2.72. The number of thioether (sulfide) groups is 1. The zero-order valence-corrected chi connectivity index (χ0v) is 16.3. The van der Waals surface area contributed by atoms with E-state index in [1.165, 1.54) is 51.8 Å². The zero-order chi connectivity index (χ0) is 19.9. The van der Waals surface area contributed by atoms with E-state index in [0.29, 0.717) is 16.4 Å². The van der Waals surface area contributed by atoms with Crippen LogP contribution in [0.4, 0.5) is 4.39 Å². The number of hydrogen-bond acceptors (Lipinski definition) is 6. The summed E-state index contributed by atoms with van der Waals surface area (Å²) in [4.78, 5) is 40.6. The van der Waals surface area contributed by atoms with Crippen molar-refractivity contribution in [2.75, 3.05) is 18.8 Å². The normalized spacial score (nSPS) is 10.8. The highest BCUT2D eigenvalue weighted by atomic mass is 32.2.